The molecule has 0 aliphatic carbocycles. The van der Waals surface area contributed by atoms with Crippen molar-refractivity contribution in [3.8, 4) is 0 Å². The Morgan fingerprint density at radius 1 is 1.35 bits per heavy atom. The van der Waals surface area contributed by atoms with Crippen LogP contribution in [0.3, 0.4) is 0 Å². The lowest BCUT2D eigenvalue weighted by atomic mass is 10.1. The van der Waals surface area contributed by atoms with E-state index in [9.17, 15) is 9.59 Å². The molecule has 0 bridgehead atoms. The molecule has 1 fully saturated rings. The minimum absolute atomic E-state index is 0.0690. The number of thiazole rings is 1. The third-order valence-electron chi connectivity index (χ3n) is 3.92. The Hall–Kier alpha value is -2.21. The van der Waals surface area contributed by atoms with E-state index in [2.05, 4.69) is 46.8 Å². The molecule has 0 radical (unpaired) electrons. The Morgan fingerprint density at radius 2 is 2.09 bits per heavy atom. The molecular formula is C17H19N3O2S. The van der Waals surface area contributed by atoms with Crippen molar-refractivity contribution in [3.05, 3.63) is 46.0 Å². The number of anilines is 1. The lowest BCUT2D eigenvalue weighted by molar-refractivity contribution is -0.122. The molecule has 23 heavy (non-hydrogen) atoms. The van der Waals surface area contributed by atoms with Crippen molar-refractivity contribution in [2.75, 3.05) is 5.32 Å². The van der Waals surface area contributed by atoms with Gasteiger partial charge in [0.1, 0.15) is 6.04 Å². The molecule has 5 nitrogen and oxygen atoms in total. The summed E-state index contributed by atoms with van der Waals surface area (Å²) < 4.78 is 0. The Bertz CT molecular complexity index is 737. The fourth-order valence-electron chi connectivity index (χ4n) is 2.54. The van der Waals surface area contributed by atoms with Crippen LogP contribution in [0.2, 0.25) is 0 Å². The first-order valence-electron chi connectivity index (χ1n) is 7.63. The molecule has 1 saturated heterocycles. The molecule has 1 aromatic carbocycles. The standard InChI is InChI=1S/C17H19N3O2S/c1-10-3-5-12(6-4-10)9-14-11(2)18-17(23-14)20-16(22)13-7-8-15(21)19-13/h3-6,13H,7-9H2,1-2H3,(H,19,21)(H,18,20,22)/t13-/m0/s1. The summed E-state index contributed by atoms with van der Waals surface area (Å²) in [4.78, 5) is 28.9. The number of carbonyl (C=O) groups is 2. The topological polar surface area (TPSA) is 71.1 Å². The molecule has 1 aromatic heterocycles. The van der Waals surface area contributed by atoms with Gasteiger partial charge in [-0.1, -0.05) is 29.8 Å². The molecule has 120 valence electrons. The number of rotatable bonds is 4. The molecule has 1 aliphatic rings. The van der Waals surface area contributed by atoms with E-state index >= 15 is 0 Å². The first-order valence-corrected chi connectivity index (χ1v) is 8.45. The zero-order valence-corrected chi connectivity index (χ0v) is 14.0. The maximum atomic E-state index is 12.1. The Balaban J connectivity index is 1.67. The highest BCUT2D eigenvalue weighted by molar-refractivity contribution is 7.15. The molecule has 0 unspecified atom stereocenters. The summed E-state index contributed by atoms with van der Waals surface area (Å²) in [5.41, 5.74) is 3.39. The van der Waals surface area contributed by atoms with Gasteiger partial charge in [-0.25, -0.2) is 4.98 Å². The largest absolute Gasteiger partial charge is 0.344 e. The van der Waals surface area contributed by atoms with Crippen molar-refractivity contribution >= 4 is 28.3 Å². The number of nitrogens with zero attached hydrogens (tertiary/aromatic N) is 1. The lowest BCUT2D eigenvalue weighted by Crippen LogP contribution is -2.37. The molecule has 6 heteroatoms. The van der Waals surface area contributed by atoms with Gasteiger partial charge >= 0.3 is 0 Å². The highest BCUT2D eigenvalue weighted by Crippen LogP contribution is 2.25. The molecule has 2 heterocycles. The molecule has 2 amide bonds. The third kappa shape index (κ3) is 3.76. The van der Waals surface area contributed by atoms with Crippen molar-refractivity contribution in [1.82, 2.24) is 10.3 Å². The second-order valence-electron chi connectivity index (χ2n) is 5.84. The van der Waals surface area contributed by atoms with Crippen molar-refractivity contribution in [3.63, 3.8) is 0 Å². The Labute approximate surface area is 139 Å². The predicted octanol–water partition coefficient (Wildman–Crippen LogP) is 2.57. The highest BCUT2D eigenvalue weighted by Gasteiger charge is 2.27. The zero-order chi connectivity index (χ0) is 16.4. The van der Waals surface area contributed by atoms with E-state index in [1.54, 1.807) is 0 Å². The summed E-state index contributed by atoms with van der Waals surface area (Å²) in [5, 5.41) is 6.07. The molecule has 2 aromatic rings. The van der Waals surface area contributed by atoms with Crippen LogP contribution in [-0.2, 0) is 16.0 Å². The van der Waals surface area contributed by atoms with Gasteiger partial charge in [0.05, 0.1) is 5.69 Å². The number of amides is 2. The molecule has 1 aliphatic heterocycles. The summed E-state index contributed by atoms with van der Waals surface area (Å²) in [7, 11) is 0. The van der Waals surface area contributed by atoms with E-state index in [0.29, 0.717) is 18.0 Å². The molecule has 1 atom stereocenters. The fourth-order valence-corrected chi connectivity index (χ4v) is 3.54. The van der Waals surface area contributed by atoms with Crippen molar-refractivity contribution < 1.29 is 9.59 Å². The van der Waals surface area contributed by atoms with Gasteiger partial charge in [-0.2, -0.15) is 0 Å². The van der Waals surface area contributed by atoms with Gasteiger partial charge in [-0.05, 0) is 25.8 Å². The normalized spacial score (nSPS) is 17.1. The summed E-state index contributed by atoms with van der Waals surface area (Å²) in [6.45, 7) is 4.02. The van der Waals surface area contributed by atoms with Crippen LogP contribution < -0.4 is 10.6 Å². The third-order valence-corrected chi connectivity index (χ3v) is 4.99. The first-order chi connectivity index (χ1) is 11.0. The average Bonchev–Trinajstić information content (AvgIpc) is 3.08. The van der Waals surface area contributed by atoms with Gasteiger partial charge in [0, 0.05) is 17.7 Å². The maximum Gasteiger partial charge on any atom is 0.248 e. The van der Waals surface area contributed by atoms with Gasteiger partial charge < -0.3 is 10.6 Å². The number of aryl methyl sites for hydroxylation is 2. The molecule has 0 saturated carbocycles. The van der Waals surface area contributed by atoms with Gasteiger partial charge in [0.15, 0.2) is 5.13 Å². The van der Waals surface area contributed by atoms with E-state index in [0.717, 1.165) is 17.0 Å². The summed E-state index contributed by atoms with van der Waals surface area (Å²) in [5.74, 6) is -0.257. The van der Waals surface area contributed by atoms with Gasteiger partial charge in [0.25, 0.3) is 0 Å². The number of benzene rings is 1. The minimum atomic E-state index is -0.438. The highest BCUT2D eigenvalue weighted by atomic mass is 32.1. The second kappa shape index (κ2) is 6.50. The number of aromatic nitrogens is 1. The Morgan fingerprint density at radius 3 is 2.74 bits per heavy atom. The fraction of sp³-hybridized carbons (Fsp3) is 0.353. The number of carbonyl (C=O) groups excluding carboxylic acids is 2. The predicted molar refractivity (Wildman–Crippen MR) is 90.6 cm³/mol. The zero-order valence-electron chi connectivity index (χ0n) is 13.2. The van der Waals surface area contributed by atoms with Crippen molar-refractivity contribution in [2.45, 2.75) is 39.2 Å². The van der Waals surface area contributed by atoms with Crippen LogP contribution in [0.1, 0.15) is 34.5 Å². The lowest BCUT2D eigenvalue weighted by Gasteiger charge is -2.08. The number of hydrogen-bond donors (Lipinski definition) is 2. The summed E-state index contributed by atoms with van der Waals surface area (Å²) in [6, 6.07) is 7.97. The smallest absolute Gasteiger partial charge is 0.248 e. The van der Waals surface area contributed by atoms with Gasteiger partial charge in [-0.3, -0.25) is 9.59 Å². The van der Waals surface area contributed by atoms with Crippen LogP contribution in [0, 0.1) is 13.8 Å². The van der Waals surface area contributed by atoms with Crippen molar-refractivity contribution in [1.29, 1.82) is 0 Å². The Kier molecular flexibility index (Phi) is 4.43. The van der Waals surface area contributed by atoms with E-state index in [1.165, 1.54) is 22.5 Å². The molecule has 3 rings (SSSR count). The van der Waals surface area contributed by atoms with Crippen LogP contribution in [0.15, 0.2) is 24.3 Å². The van der Waals surface area contributed by atoms with Crippen LogP contribution in [0.4, 0.5) is 5.13 Å². The van der Waals surface area contributed by atoms with Gasteiger partial charge in [-0.15, -0.1) is 11.3 Å². The minimum Gasteiger partial charge on any atom is -0.344 e. The maximum absolute atomic E-state index is 12.1. The van der Waals surface area contributed by atoms with E-state index in [1.807, 2.05) is 6.92 Å². The van der Waals surface area contributed by atoms with Crippen LogP contribution in [0.25, 0.3) is 0 Å². The first kappa shape index (κ1) is 15.7. The van der Waals surface area contributed by atoms with E-state index in [4.69, 9.17) is 0 Å². The molecule has 2 N–H and O–H groups in total. The number of nitrogens with one attached hydrogen (secondary N) is 2. The van der Waals surface area contributed by atoms with E-state index < -0.39 is 6.04 Å². The second-order valence-corrected chi connectivity index (χ2v) is 6.92. The SMILES string of the molecule is Cc1ccc(Cc2sc(NC(=O)[C@@H]3CCC(=O)N3)nc2C)cc1. The molecule has 0 spiro atoms. The average molecular weight is 329 g/mol. The van der Waals surface area contributed by atoms with Crippen LogP contribution >= 0.6 is 11.3 Å². The van der Waals surface area contributed by atoms with Crippen LogP contribution in [0.5, 0.6) is 0 Å². The number of hydrogen-bond acceptors (Lipinski definition) is 4. The monoisotopic (exact) mass is 329 g/mol. The molecular weight excluding hydrogens is 310 g/mol. The van der Waals surface area contributed by atoms with Crippen molar-refractivity contribution in [2.24, 2.45) is 0 Å². The quantitative estimate of drug-likeness (QED) is 0.905. The van der Waals surface area contributed by atoms with E-state index in [-0.39, 0.29) is 11.8 Å². The van der Waals surface area contributed by atoms with Crippen LogP contribution in [-0.4, -0.2) is 22.8 Å². The van der Waals surface area contributed by atoms with Gasteiger partial charge in [0.2, 0.25) is 11.8 Å². The summed E-state index contributed by atoms with van der Waals surface area (Å²) in [6.07, 6.45) is 1.76. The summed E-state index contributed by atoms with van der Waals surface area (Å²) >= 11 is 1.49.